The minimum atomic E-state index is -0.256. The zero-order chi connectivity index (χ0) is 13.0. The summed E-state index contributed by atoms with van der Waals surface area (Å²) in [7, 11) is 1.42. The first-order valence-corrected chi connectivity index (χ1v) is 6.33. The van der Waals surface area contributed by atoms with E-state index in [0.717, 1.165) is 31.7 Å². The molecule has 1 N–H and O–H groups in total. The van der Waals surface area contributed by atoms with Crippen molar-refractivity contribution in [2.45, 2.75) is 19.5 Å². The molecule has 1 aliphatic rings. The van der Waals surface area contributed by atoms with E-state index in [1.807, 2.05) is 24.3 Å². The molecule has 2 rings (SSSR count). The summed E-state index contributed by atoms with van der Waals surface area (Å²) in [5, 5.41) is 3.37. The highest BCUT2D eigenvalue weighted by Gasteiger charge is 2.20. The van der Waals surface area contributed by atoms with Crippen LogP contribution in [-0.2, 0) is 11.3 Å². The van der Waals surface area contributed by atoms with E-state index in [1.165, 1.54) is 7.11 Å². The molecule has 1 saturated heterocycles. The summed E-state index contributed by atoms with van der Waals surface area (Å²) in [6, 6.07) is 8.16. The van der Waals surface area contributed by atoms with E-state index >= 15 is 0 Å². The zero-order valence-electron chi connectivity index (χ0n) is 11.0. The van der Waals surface area contributed by atoms with E-state index < -0.39 is 0 Å². The summed E-state index contributed by atoms with van der Waals surface area (Å²) >= 11 is 0. The topological polar surface area (TPSA) is 41.6 Å². The fourth-order valence-corrected chi connectivity index (χ4v) is 2.30. The normalized spacial score (nSPS) is 20.7. The average Bonchev–Trinajstić information content (AvgIpc) is 2.41. The van der Waals surface area contributed by atoms with Gasteiger partial charge in [-0.15, -0.1) is 0 Å². The van der Waals surface area contributed by atoms with Gasteiger partial charge in [-0.25, -0.2) is 4.79 Å². The SMILES string of the molecule is COC(=O)c1ccccc1CN1CCNC[C@H]1C. The predicted octanol–water partition coefficient (Wildman–Crippen LogP) is 1.27. The van der Waals surface area contributed by atoms with Crippen LogP contribution in [0.25, 0.3) is 0 Å². The molecule has 1 heterocycles. The Hall–Kier alpha value is -1.39. The first kappa shape index (κ1) is 13.1. The Bertz CT molecular complexity index is 420. The van der Waals surface area contributed by atoms with Gasteiger partial charge < -0.3 is 10.1 Å². The van der Waals surface area contributed by atoms with Gasteiger partial charge in [0.15, 0.2) is 0 Å². The third kappa shape index (κ3) is 2.89. The van der Waals surface area contributed by atoms with Crippen LogP contribution in [0.4, 0.5) is 0 Å². The molecule has 0 radical (unpaired) electrons. The number of carbonyl (C=O) groups is 1. The number of methoxy groups -OCH3 is 1. The molecule has 0 aliphatic carbocycles. The number of carbonyl (C=O) groups excluding carboxylic acids is 1. The Morgan fingerprint density at radius 1 is 1.50 bits per heavy atom. The highest BCUT2D eigenvalue weighted by Crippen LogP contribution is 2.15. The molecule has 0 saturated carbocycles. The second kappa shape index (κ2) is 5.98. The Balaban J connectivity index is 2.15. The van der Waals surface area contributed by atoms with Crippen molar-refractivity contribution in [3.05, 3.63) is 35.4 Å². The lowest BCUT2D eigenvalue weighted by atomic mass is 10.1. The number of ether oxygens (including phenoxy) is 1. The first-order chi connectivity index (χ1) is 8.72. The number of benzene rings is 1. The number of hydrogen-bond donors (Lipinski definition) is 1. The highest BCUT2D eigenvalue weighted by molar-refractivity contribution is 5.90. The van der Waals surface area contributed by atoms with Crippen LogP contribution in [-0.4, -0.2) is 43.7 Å². The number of nitrogens with zero attached hydrogens (tertiary/aromatic N) is 1. The monoisotopic (exact) mass is 248 g/mol. The van der Waals surface area contributed by atoms with Gasteiger partial charge in [0.2, 0.25) is 0 Å². The quantitative estimate of drug-likeness (QED) is 0.818. The summed E-state index contributed by atoms with van der Waals surface area (Å²) in [5.41, 5.74) is 1.71. The molecule has 1 aliphatic heterocycles. The molecule has 0 aromatic heterocycles. The van der Waals surface area contributed by atoms with Crippen LogP contribution < -0.4 is 5.32 Å². The number of piperazine rings is 1. The highest BCUT2D eigenvalue weighted by atomic mass is 16.5. The second-order valence-corrected chi connectivity index (χ2v) is 4.67. The number of hydrogen-bond acceptors (Lipinski definition) is 4. The molecule has 98 valence electrons. The van der Waals surface area contributed by atoms with Crippen LogP contribution in [0.5, 0.6) is 0 Å². The molecule has 1 fully saturated rings. The predicted molar refractivity (Wildman–Crippen MR) is 70.5 cm³/mol. The van der Waals surface area contributed by atoms with Gasteiger partial charge in [-0.2, -0.15) is 0 Å². The Morgan fingerprint density at radius 2 is 2.28 bits per heavy atom. The third-order valence-corrected chi connectivity index (χ3v) is 3.43. The Labute approximate surface area is 108 Å². The van der Waals surface area contributed by atoms with Crippen LogP contribution in [0, 0.1) is 0 Å². The summed E-state index contributed by atoms with van der Waals surface area (Å²) in [6.07, 6.45) is 0. The van der Waals surface area contributed by atoms with Crippen molar-refractivity contribution in [1.82, 2.24) is 10.2 Å². The number of esters is 1. The molecule has 0 amide bonds. The van der Waals surface area contributed by atoms with Crippen molar-refractivity contribution < 1.29 is 9.53 Å². The van der Waals surface area contributed by atoms with Crippen molar-refractivity contribution in [3.63, 3.8) is 0 Å². The Kier molecular flexibility index (Phi) is 4.33. The van der Waals surface area contributed by atoms with Crippen LogP contribution in [0.3, 0.4) is 0 Å². The first-order valence-electron chi connectivity index (χ1n) is 6.33. The van der Waals surface area contributed by atoms with Gasteiger partial charge in [0.05, 0.1) is 12.7 Å². The van der Waals surface area contributed by atoms with Crippen molar-refractivity contribution in [1.29, 1.82) is 0 Å². The van der Waals surface area contributed by atoms with E-state index in [-0.39, 0.29) is 5.97 Å². The fraction of sp³-hybridized carbons (Fsp3) is 0.500. The zero-order valence-corrected chi connectivity index (χ0v) is 11.0. The van der Waals surface area contributed by atoms with E-state index in [4.69, 9.17) is 4.74 Å². The lowest BCUT2D eigenvalue weighted by Crippen LogP contribution is -2.49. The summed E-state index contributed by atoms with van der Waals surface area (Å²) < 4.78 is 4.82. The van der Waals surface area contributed by atoms with Gasteiger partial charge in [-0.1, -0.05) is 18.2 Å². The molecule has 0 bridgehead atoms. The van der Waals surface area contributed by atoms with Crippen molar-refractivity contribution in [2.24, 2.45) is 0 Å². The average molecular weight is 248 g/mol. The molecule has 0 unspecified atom stereocenters. The number of rotatable bonds is 3. The summed E-state index contributed by atoms with van der Waals surface area (Å²) in [5.74, 6) is -0.256. The maximum atomic E-state index is 11.7. The molecule has 0 spiro atoms. The van der Waals surface area contributed by atoms with Crippen molar-refractivity contribution in [2.75, 3.05) is 26.7 Å². The van der Waals surface area contributed by atoms with E-state index in [2.05, 4.69) is 17.1 Å². The largest absolute Gasteiger partial charge is 0.465 e. The maximum absolute atomic E-state index is 11.7. The van der Waals surface area contributed by atoms with Crippen LogP contribution in [0.2, 0.25) is 0 Å². The molecule has 1 atom stereocenters. The minimum absolute atomic E-state index is 0.256. The Morgan fingerprint density at radius 3 is 3.00 bits per heavy atom. The van der Waals surface area contributed by atoms with Gasteiger partial charge in [0.25, 0.3) is 0 Å². The van der Waals surface area contributed by atoms with E-state index in [0.29, 0.717) is 11.6 Å². The maximum Gasteiger partial charge on any atom is 0.338 e. The summed E-state index contributed by atoms with van der Waals surface area (Å²) in [4.78, 5) is 14.1. The van der Waals surface area contributed by atoms with E-state index in [1.54, 1.807) is 0 Å². The smallest absolute Gasteiger partial charge is 0.338 e. The molecule has 1 aromatic carbocycles. The van der Waals surface area contributed by atoms with Crippen molar-refractivity contribution >= 4 is 5.97 Å². The molecule has 18 heavy (non-hydrogen) atoms. The van der Waals surface area contributed by atoms with Gasteiger partial charge in [-0.3, -0.25) is 4.90 Å². The van der Waals surface area contributed by atoms with Gasteiger partial charge >= 0.3 is 5.97 Å². The second-order valence-electron chi connectivity index (χ2n) is 4.67. The van der Waals surface area contributed by atoms with Gasteiger partial charge in [-0.05, 0) is 18.6 Å². The summed E-state index contributed by atoms with van der Waals surface area (Å²) in [6.45, 7) is 6.02. The number of nitrogens with one attached hydrogen (secondary N) is 1. The van der Waals surface area contributed by atoms with Crippen LogP contribution in [0.1, 0.15) is 22.8 Å². The lowest BCUT2D eigenvalue weighted by molar-refractivity contribution is 0.0597. The third-order valence-electron chi connectivity index (χ3n) is 3.43. The molecule has 1 aromatic rings. The molecule has 4 heteroatoms. The molecular weight excluding hydrogens is 228 g/mol. The van der Waals surface area contributed by atoms with Crippen LogP contribution >= 0.6 is 0 Å². The van der Waals surface area contributed by atoms with Gasteiger partial charge in [0.1, 0.15) is 0 Å². The van der Waals surface area contributed by atoms with Crippen LogP contribution in [0.15, 0.2) is 24.3 Å². The molecule has 4 nitrogen and oxygen atoms in total. The van der Waals surface area contributed by atoms with E-state index in [9.17, 15) is 4.79 Å². The molecular formula is C14H20N2O2. The lowest BCUT2D eigenvalue weighted by Gasteiger charge is -2.34. The van der Waals surface area contributed by atoms with Crippen molar-refractivity contribution in [3.8, 4) is 0 Å². The standard InChI is InChI=1S/C14H20N2O2/c1-11-9-15-7-8-16(11)10-12-5-3-4-6-13(12)14(17)18-2/h3-6,11,15H,7-10H2,1-2H3/t11-/m1/s1. The fourth-order valence-electron chi connectivity index (χ4n) is 2.30. The van der Waals surface area contributed by atoms with Gasteiger partial charge in [0, 0.05) is 32.2 Å². The minimum Gasteiger partial charge on any atom is -0.465 e.